The van der Waals surface area contributed by atoms with Gasteiger partial charge in [0.05, 0.1) is 0 Å². The van der Waals surface area contributed by atoms with Crippen LogP contribution < -0.4 is 15.5 Å². The fraction of sp³-hybridized carbons (Fsp3) is 0.588. The van der Waals surface area contributed by atoms with Gasteiger partial charge in [0.15, 0.2) is 11.6 Å². The summed E-state index contributed by atoms with van der Waals surface area (Å²) < 4.78 is 28.6. The molecule has 0 bridgehead atoms. The van der Waals surface area contributed by atoms with Crippen LogP contribution in [0.5, 0.6) is 0 Å². The molecule has 1 unspecified atom stereocenters. The number of amides is 2. The quantitative estimate of drug-likeness (QED) is 0.744. The van der Waals surface area contributed by atoms with Crippen molar-refractivity contribution in [2.24, 2.45) is 0 Å². The Balaban J connectivity index is 2.05. The summed E-state index contributed by atoms with van der Waals surface area (Å²) in [5, 5.41) is 14.0. The molecule has 0 spiro atoms. The molecule has 1 heterocycles. The smallest absolute Gasteiger partial charge is 0.319 e. The topological polar surface area (TPSA) is 64.6 Å². The highest BCUT2D eigenvalue weighted by atomic mass is 19.1. The summed E-state index contributed by atoms with van der Waals surface area (Å²) in [7, 11) is 0. The molecule has 1 aliphatic heterocycles. The average Bonchev–Trinajstić information content (AvgIpc) is 2.54. The van der Waals surface area contributed by atoms with Crippen LogP contribution in [0.2, 0.25) is 0 Å². The molecule has 24 heavy (non-hydrogen) atoms. The normalized spacial score (nSPS) is 15.9. The predicted octanol–water partition coefficient (Wildman–Crippen LogP) is 3.24. The van der Waals surface area contributed by atoms with Crippen molar-refractivity contribution in [3.05, 3.63) is 23.8 Å². The van der Waals surface area contributed by atoms with E-state index in [-0.39, 0.29) is 24.0 Å². The number of halogens is 2. The zero-order chi connectivity index (χ0) is 17.5. The second-order valence-electron chi connectivity index (χ2n) is 6.05. The van der Waals surface area contributed by atoms with E-state index in [0.29, 0.717) is 25.9 Å². The van der Waals surface area contributed by atoms with Crippen LogP contribution in [0, 0.1) is 11.6 Å². The van der Waals surface area contributed by atoms with Gasteiger partial charge >= 0.3 is 6.03 Å². The Hall–Kier alpha value is -1.89. The molecule has 1 aliphatic rings. The summed E-state index contributed by atoms with van der Waals surface area (Å²) in [5.41, 5.74) is 0.0504. The van der Waals surface area contributed by atoms with Crippen molar-refractivity contribution in [1.29, 1.82) is 0 Å². The van der Waals surface area contributed by atoms with E-state index in [2.05, 4.69) is 10.6 Å². The number of hydrogen-bond donors (Lipinski definition) is 3. The third-order valence-corrected chi connectivity index (χ3v) is 4.25. The van der Waals surface area contributed by atoms with E-state index in [0.717, 1.165) is 31.4 Å². The summed E-state index contributed by atoms with van der Waals surface area (Å²) >= 11 is 0. The lowest BCUT2D eigenvalue weighted by Crippen LogP contribution is -2.38. The molecule has 0 aromatic heterocycles. The van der Waals surface area contributed by atoms with E-state index in [1.165, 1.54) is 0 Å². The van der Waals surface area contributed by atoms with Gasteiger partial charge in [0.1, 0.15) is 5.69 Å². The Labute approximate surface area is 141 Å². The molecule has 7 heteroatoms. The van der Waals surface area contributed by atoms with Gasteiger partial charge in [0, 0.05) is 31.4 Å². The second kappa shape index (κ2) is 8.82. The number of piperidine rings is 1. The van der Waals surface area contributed by atoms with Gasteiger partial charge < -0.3 is 20.6 Å². The van der Waals surface area contributed by atoms with E-state index in [4.69, 9.17) is 5.11 Å². The van der Waals surface area contributed by atoms with Gasteiger partial charge in [0.2, 0.25) is 0 Å². The van der Waals surface area contributed by atoms with Gasteiger partial charge in [-0.05, 0) is 44.2 Å². The fourth-order valence-electron chi connectivity index (χ4n) is 2.94. The third kappa shape index (κ3) is 4.80. The molecule has 0 radical (unpaired) electrons. The zero-order valence-electron chi connectivity index (χ0n) is 13.9. The first-order valence-corrected chi connectivity index (χ1v) is 8.47. The molecule has 0 aliphatic carbocycles. The highest BCUT2D eigenvalue weighted by Gasteiger charge is 2.20. The summed E-state index contributed by atoms with van der Waals surface area (Å²) in [6.07, 6.45) is 4.01. The number of carbonyl (C=O) groups is 1. The van der Waals surface area contributed by atoms with Gasteiger partial charge in [-0.25, -0.2) is 13.6 Å². The fourth-order valence-corrected chi connectivity index (χ4v) is 2.94. The molecule has 134 valence electrons. The lowest BCUT2D eigenvalue weighted by atomic mass is 10.1. The van der Waals surface area contributed by atoms with E-state index < -0.39 is 17.7 Å². The molecule has 1 aromatic carbocycles. The maximum absolute atomic E-state index is 14.3. The van der Waals surface area contributed by atoms with Crippen LogP contribution in [0.1, 0.15) is 39.0 Å². The molecule has 1 saturated heterocycles. The number of hydrogen-bond acceptors (Lipinski definition) is 3. The lowest BCUT2D eigenvalue weighted by molar-refractivity contribution is 0.237. The first-order valence-electron chi connectivity index (χ1n) is 8.47. The van der Waals surface area contributed by atoms with E-state index in [1.807, 2.05) is 6.92 Å². The molecule has 2 amide bonds. The van der Waals surface area contributed by atoms with Gasteiger partial charge in [-0.2, -0.15) is 0 Å². The van der Waals surface area contributed by atoms with Crippen molar-refractivity contribution in [3.8, 4) is 0 Å². The number of aliphatic hydroxyl groups is 1. The molecule has 1 atom stereocenters. The van der Waals surface area contributed by atoms with Crippen LogP contribution in [0.25, 0.3) is 0 Å². The van der Waals surface area contributed by atoms with Crippen LogP contribution in [0.15, 0.2) is 12.1 Å². The minimum absolute atomic E-state index is 0.0210. The highest BCUT2D eigenvalue weighted by molar-refractivity contribution is 5.89. The molecule has 2 rings (SSSR count). The first kappa shape index (κ1) is 18.4. The van der Waals surface area contributed by atoms with Crippen LogP contribution in [0.4, 0.5) is 25.0 Å². The molecule has 0 saturated carbocycles. The molecule has 3 N–H and O–H groups in total. The van der Waals surface area contributed by atoms with Crippen molar-refractivity contribution >= 4 is 17.4 Å². The van der Waals surface area contributed by atoms with Crippen molar-refractivity contribution in [1.82, 2.24) is 5.32 Å². The van der Waals surface area contributed by atoms with E-state index in [9.17, 15) is 13.6 Å². The number of carbonyl (C=O) groups excluding carboxylic acids is 1. The van der Waals surface area contributed by atoms with E-state index >= 15 is 0 Å². The van der Waals surface area contributed by atoms with E-state index in [1.54, 1.807) is 4.90 Å². The number of nitrogens with zero attached hydrogens (tertiary/aromatic N) is 1. The number of anilines is 2. The number of benzene rings is 1. The van der Waals surface area contributed by atoms with Crippen LogP contribution in [-0.4, -0.2) is 36.9 Å². The van der Waals surface area contributed by atoms with Crippen molar-refractivity contribution in [2.45, 2.75) is 45.1 Å². The Bertz CT molecular complexity index is 540. The summed E-state index contributed by atoms with van der Waals surface area (Å²) in [6, 6.07) is 1.55. The van der Waals surface area contributed by atoms with Gasteiger partial charge in [0.25, 0.3) is 0 Å². The number of nitrogens with one attached hydrogen (secondary N) is 2. The minimum Gasteiger partial charge on any atom is -0.396 e. The summed E-state index contributed by atoms with van der Waals surface area (Å²) in [4.78, 5) is 13.6. The van der Waals surface area contributed by atoms with Crippen LogP contribution in [-0.2, 0) is 0 Å². The molecular formula is C17H25F2N3O2. The number of urea groups is 1. The monoisotopic (exact) mass is 341 g/mol. The molecule has 5 nitrogen and oxygen atoms in total. The third-order valence-electron chi connectivity index (χ3n) is 4.25. The summed E-state index contributed by atoms with van der Waals surface area (Å²) in [6.45, 7) is 3.13. The zero-order valence-corrected chi connectivity index (χ0v) is 13.9. The Morgan fingerprint density at radius 3 is 2.42 bits per heavy atom. The Kier molecular flexibility index (Phi) is 6.78. The molecule has 1 fully saturated rings. The number of aliphatic hydroxyl groups excluding tert-OH is 1. The van der Waals surface area contributed by atoms with Crippen molar-refractivity contribution < 1.29 is 18.7 Å². The Morgan fingerprint density at radius 2 is 1.88 bits per heavy atom. The molecular weight excluding hydrogens is 316 g/mol. The SMILES string of the molecule is CCC(CCO)NC(=O)Nc1cc(F)c(N2CCCCC2)c(F)c1. The largest absolute Gasteiger partial charge is 0.396 e. The van der Waals surface area contributed by atoms with Crippen LogP contribution in [0.3, 0.4) is 0 Å². The lowest BCUT2D eigenvalue weighted by Gasteiger charge is -2.29. The average molecular weight is 341 g/mol. The van der Waals surface area contributed by atoms with Gasteiger partial charge in [-0.3, -0.25) is 0 Å². The maximum Gasteiger partial charge on any atom is 0.319 e. The predicted molar refractivity (Wildman–Crippen MR) is 90.4 cm³/mol. The second-order valence-corrected chi connectivity index (χ2v) is 6.05. The number of rotatable bonds is 6. The molecule has 1 aromatic rings. The highest BCUT2D eigenvalue weighted by Crippen LogP contribution is 2.29. The van der Waals surface area contributed by atoms with Crippen molar-refractivity contribution in [2.75, 3.05) is 29.9 Å². The first-order chi connectivity index (χ1) is 11.5. The maximum atomic E-state index is 14.3. The van der Waals surface area contributed by atoms with Crippen LogP contribution >= 0.6 is 0 Å². The Morgan fingerprint density at radius 1 is 1.25 bits per heavy atom. The standard InChI is InChI=1S/C17H25F2N3O2/c1-2-12(6-9-23)20-17(24)21-13-10-14(18)16(15(19)11-13)22-7-4-3-5-8-22/h10-12,23H,2-9H2,1H3,(H2,20,21,24). The van der Waals surface area contributed by atoms with Gasteiger partial charge in [-0.1, -0.05) is 6.92 Å². The minimum atomic E-state index is -0.672. The summed E-state index contributed by atoms with van der Waals surface area (Å²) in [5.74, 6) is -1.34. The van der Waals surface area contributed by atoms with Gasteiger partial charge in [-0.15, -0.1) is 0 Å². The van der Waals surface area contributed by atoms with Crippen molar-refractivity contribution in [3.63, 3.8) is 0 Å².